The summed E-state index contributed by atoms with van der Waals surface area (Å²) in [7, 11) is 0. The van der Waals surface area contributed by atoms with Crippen LogP contribution in [0.2, 0.25) is 0 Å². The summed E-state index contributed by atoms with van der Waals surface area (Å²) in [5.74, 6) is 0.821. The number of hydrogen-bond donors (Lipinski definition) is 1. The Bertz CT molecular complexity index is 915. The molecule has 2 heterocycles. The topological polar surface area (TPSA) is 41.6 Å². The largest absolute Gasteiger partial charge is 0.338 e. The molecule has 0 aliphatic carbocycles. The molecule has 0 bridgehead atoms. The van der Waals surface area contributed by atoms with Gasteiger partial charge in [-0.15, -0.1) is 0 Å². The van der Waals surface area contributed by atoms with E-state index in [0.717, 1.165) is 33.9 Å². The van der Waals surface area contributed by atoms with Crippen molar-refractivity contribution >= 4 is 12.2 Å². The van der Waals surface area contributed by atoms with Gasteiger partial charge in [0.25, 0.3) is 0 Å². The van der Waals surface area contributed by atoms with E-state index in [9.17, 15) is 0 Å². The summed E-state index contributed by atoms with van der Waals surface area (Å²) in [4.78, 5) is 12.4. The molecular weight excluding hydrogens is 306 g/mol. The molecule has 3 heteroatoms. The van der Waals surface area contributed by atoms with Crippen molar-refractivity contribution in [3.05, 3.63) is 96.6 Å². The lowest BCUT2D eigenvalue weighted by Gasteiger charge is -2.02. The zero-order chi connectivity index (χ0) is 16.9. The smallest absolute Gasteiger partial charge is 0.131 e. The Morgan fingerprint density at radius 2 is 1.44 bits per heavy atom. The zero-order valence-corrected chi connectivity index (χ0v) is 13.6. The number of rotatable bonds is 4. The molecule has 0 aliphatic rings. The minimum atomic E-state index is 0.821. The number of imidazole rings is 1. The van der Waals surface area contributed by atoms with E-state index >= 15 is 0 Å². The number of nitrogens with one attached hydrogen (secondary N) is 1. The van der Waals surface area contributed by atoms with Crippen LogP contribution in [-0.4, -0.2) is 15.0 Å². The quantitative estimate of drug-likeness (QED) is 0.553. The van der Waals surface area contributed by atoms with Gasteiger partial charge in [-0.1, -0.05) is 66.7 Å². The molecule has 0 unspecified atom stereocenters. The Morgan fingerprint density at radius 1 is 0.720 bits per heavy atom. The zero-order valence-electron chi connectivity index (χ0n) is 13.6. The summed E-state index contributed by atoms with van der Waals surface area (Å²) in [5, 5.41) is 0. The van der Waals surface area contributed by atoms with Gasteiger partial charge in [-0.05, 0) is 23.8 Å². The molecule has 0 amide bonds. The van der Waals surface area contributed by atoms with Crippen LogP contribution < -0.4 is 0 Å². The van der Waals surface area contributed by atoms with Gasteiger partial charge in [0.2, 0.25) is 0 Å². The van der Waals surface area contributed by atoms with Crippen molar-refractivity contribution in [2.45, 2.75) is 0 Å². The van der Waals surface area contributed by atoms with Crippen LogP contribution in [0.1, 0.15) is 11.4 Å². The number of pyridine rings is 1. The fraction of sp³-hybridized carbons (Fsp3) is 0. The van der Waals surface area contributed by atoms with Crippen LogP contribution in [0.15, 0.2) is 85.2 Å². The molecule has 0 atom stereocenters. The maximum absolute atomic E-state index is 4.81. The second kappa shape index (κ2) is 6.97. The van der Waals surface area contributed by atoms with Crippen molar-refractivity contribution in [2.75, 3.05) is 0 Å². The number of benzene rings is 2. The van der Waals surface area contributed by atoms with Gasteiger partial charge in [0, 0.05) is 23.5 Å². The van der Waals surface area contributed by atoms with Gasteiger partial charge in [0.1, 0.15) is 5.82 Å². The lowest BCUT2D eigenvalue weighted by Crippen LogP contribution is -1.82. The van der Waals surface area contributed by atoms with E-state index in [-0.39, 0.29) is 0 Å². The van der Waals surface area contributed by atoms with Crippen molar-refractivity contribution in [1.82, 2.24) is 15.0 Å². The van der Waals surface area contributed by atoms with Crippen LogP contribution in [0, 0.1) is 0 Å². The van der Waals surface area contributed by atoms with E-state index in [1.54, 1.807) is 6.20 Å². The predicted octanol–water partition coefficient (Wildman–Crippen LogP) is 5.31. The van der Waals surface area contributed by atoms with Crippen LogP contribution in [0.4, 0.5) is 0 Å². The molecule has 0 saturated carbocycles. The van der Waals surface area contributed by atoms with Crippen LogP contribution in [0.5, 0.6) is 0 Å². The minimum Gasteiger partial charge on any atom is -0.338 e. The highest BCUT2D eigenvalue weighted by molar-refractivity contribution is 5.80. The molecule has 2 aromatic heterocycles. The van der Waals surface area contributed by atoms with Gasteiger partial charge < -0.3 is 4.98 Å². The van der Waals surface area contributed by atoms with Gasteiger partial charge >= 0.3 is 0 Å². The van der Waals surface area contributed by atoms with Crippen LogP contribution in [0.25, 0.3) is 34.7 Å². The SMILES string of the molecule is C(=Cc1nc(-c2ccccc2)c(-c2ccccc2)[nH]1)c1cccnc1. The first-order chi connectivity index (χ1) is 12.4. The lowest BCUT2D eigenvalue weighted by molar-refractivity contribution is 1.27. The predicted molar refractivity (Wildman–Crippen MR) is 103 cm³/mol. The standard InChI is InChI=1S/C22H17N3/c1-3-9-18(10-4-1)21-22(19-11-5-2-6-12-19)25-20(24-21)14-13-17-8-7-15-23-16-17/h1-16H,(H,24,25). The van der Waals surface area contributed by atoms with E-state index in [1.165, 1.54) is 0 Å². The first-order valence-corrected chi connectivity index (χ1v) is 8.19. The summed E-state index contributed by atoms with van der Waals surface area (Å²) < 4.78 is 0. The number of aromatic nitrogens is 3. The third-order valence-electron chi connectivity index (χ3n) is 3.95. The molecule has 0 saturated heterocycles. The molecule has 1 N–H and O–H groups in total. The molecule has 2 aromatic carbocycles. The highest BCUT2D eigenvalue weighted by Gasteiger charge is 2.12. The van der Waals surface area contributed by atoms with Gasteiger partial charge in [0.15, 0.2) is 0 Å². The molecule has 0 aliphatic heterocycles. The molecule has 120 valence electrons. The van der Waals surface area contributed by atoms with Crippen molar-refractivity contribution < 1.29 is 0 Å². The van der Waals surface area contributed by atoms with E-state index in [0.29, 0.717) is 0 Å². The fourth-order valence-electron chi connectivity index (χ4n) is 2.74. The Labute approximate surface area is 146 Å². The van der Waals surface area contributed by atoms with E-state index < -0.39 is 0 Å². The molecular formula is C22H17N3. The monoisotopic (exact) mass is 323 g/mol. The maximum Gasteiger partial charge on any atom is 0.131 e. The van der Waals surface area contributed by atoms with E-state index in [1.807, 2.05) is 66.9 Å². The summed E-state index contributed by atoms with van der Waals surface area (Å²) in [6, 6.07) is 24.5. The normalized spacial score (nSPS) is 11.0. The van der Waals surface area contributed by atoms with Crippen LogP contribution >= 0.6 is 0 Å². The van der Waals surface area contributed by atoms with E-state index in [2.05, 4.69) is 34.2 Å². The molecule has 0 radical (unpaired) electrons. The Morgan fingerprint density at radius 3 is 2.12 bits per heavy atom. The average molecular weight is 323 g/mol. The maximum atomic E-state index is 4.81. The molecule has 3 nitrogen and oxygen atoms in total. The minimum absolute atomic E-state index is 0.821. The third-order valence-corrected chi connectivity index (χ3v) is 3.95. The highest BCUT2D eigenvalue weighted by Crippen LogP contribution is 2.30. The molecule has 0 spiro atoms. The second-order valence-corrected chi connectivity index (χ2v) is 5.70. The van der Waals surface area contributed by atoms with Gasteiger partial charge in [-0.2, -0.15) is 0 Å². The summed E-state index contributed by atoms with van der Waals surface area (Å²) >= 11 is 0. The van der Waals surface area contributed by atoms with Crippen molar-refractivity contribution in [1.29, 1.82) is 0 Å². The molecule has 25 heavy (non-hydrogen) atoms. The number of aromatic amines is 1. The van der Waals surface area contributed by atoms with Crippen LogP contribution in [-0.2, 0) is 0 Å². The second-order valence-electron chi connectivity index (χ2n) is 5.70. The van der Waals surface area contributed by atoms with Crippen molar-refractivity contribution in [2.24, 2.45) is 0 Å². The first kappa shape index (κ1) is 15.1. The van der Waals surface area contributed by atoms with Crippen LogP contribution in [0.3, 0.4) is 0 Å². The van der Waals surface area contributed by atoms with E-state index in [4.69, 9.17) is 4.98 Å². The summed E-state index contributed by atoms with van der Waals surface area (Å²) in [6.07, 6.45) is 7.59. The molecule has 4 aromatic rings. The number of nitrogens with zero attached hydrogens (tertiary/aromatic N) is 2. The Balaban J connectivity index is 1.77. The van der Waals surface area contributed by atoms with Crippen molar-refractivity contribution in [3.8, 4) is 22.5 Å². The summed E-state index contributed by atoms with van der Waals surface area (Å²) in [6.45, 7) is 0. The fourth-order valence-corrected chi connectivity index (χ4v) is 2.74. The summed E-state index contributed by atoms with van der Waals surface area (Å²) in [5.41, 5.74) is 5.24. The van der Waals surface area contributed by atoms with Gasteiger partial charge in [-0.3, -0.25) is 4.98 Å². The molecule has 0 fully saturated rings. The Hall–Kier alpha value is -3.46. The number of hydrogen-bond acceptors (Lipinski definition) is 2. The number of H-pyrrole nitrogens is 1. The Kier molecular flexibility index (Phi) is 4.21. The first-order valence-electron chi connectivity index (χ1n) is 8.19. The average Bonchev–Trinajstić information content (AvgIpc) is 3.13. The third kappa shape index (κ3) is 3.40. The van der Waals surface area contributed by atoms with Gasteiger partial charge in [0.05, 0.1) is 11.4 Å². The van der Waals surface area contributed by atoms with Crippen molar-refractivity contribution in [3.63, 3.8) is 0 Å². The highest BCUT2D eigenvalue weighted by atomic mass is 14.9. The van der Waals surface area contributed by atoms with Gasteiger partial charge in [-0.25, -0.2) is 4.98 Å². The lowest BCUT2D eigenvalue weighted by atomic mass is 10.1. The molecule has 4 rings (SSSR count).